The molecule has 0 radical (unpaired) electrons. The fourth-order valence-electron chi connectivity index (χ4n) is 0.785. The van der Waals surface area contributed by atoms with Crippen LogP contribution in [0, 0.1) is 0 Å². The van der Waals surface area contributed by atoms with Crippen molar-refractivity contribution in [3.63, 3.8) is 0 Å². The van der Waals surface area contributed by atoms with E-state index >= 15 is 0 Å². The Balaban J connectivity index is 2.12. The Kier molecular flexibility index (Phi) is 2.87. The molecule has 0 aromatic rings. The lowest BCUT2D eigenvalue weighted by Gasteiger charge is -2.03. The lowest BCUT2D eigenvalue weighted by atomic mass is 10.3. The predicted octanol–water partition coefficient (Wildman–Crippen LogP) is 1.76. The minimum atomic E-state index is 0.0755. The van der Waals surface area contributed by atoms with Gasteiger partial charge in [-0.2, -0.15) is 0 Å². The van der Waals surface area contributed by atoms with Gasteiger partial charge in [-0.3, -0.25) is 0 Å². The number of nitrogens with one attached hydrogen (secondary N) is 1. The zero-order chi connectivity index (χ0) is 7.23. The third kappa shape index (κ3) is 2.13. The second kappa shape index (κ2) is 3.99. The monoisotopic (exact) mass is 139 g/mol. The third-order valence-electron chi connectivity index (χ3n) is 1.32. The molecule has 2 heteroatoms. The fraction of sp³-hybridized carbons (Fsp3) is 0.500. The molecule has 1 heterocycles. The Hall–Kier alpha value is -0.920. The Morgan fingerprint density at radius 1 is 1.70 bits per heavy atom. The molecule has 0 saturated heterocycles. The number of rotatable bonds is 3. The van der Waals surface area contributed by atoms with Crippen molar-refractivity contribution >= 4 is 0 Å². The first-order valence-corrected chi connectivity index (χ1v) is 3.66. The topological polar surface area (TPSA) is 21.3 Å². The van der Waals surface area contributed by atoms with Gasteiger partial charge in [-0.25, -0.2) is 0 Å². The highest BCUT2D eigenvalue weighted by Crippen LogP contribution is 1.99. The van der Waals surface area contributed by atoms with Crippen LogP contribution in [0.2, 0.25) is 0 Å². The maximum atomic E-state index is 5.12. The summed E-state index contributed by atoms with van der Waals surface area (Å²) in [5, 5.41) is 3.03. The average molecular weight is 139 g/mol. The van der Waals surface area contributed by atoms with Crippen molar-refractivity contribution in [3.05, 3.63) is 24.6 Å². The Morgan fingerprint density at radius 3 is 3.20 bits per heavy atom. The summed E-state index contributed by atoms with van der Waals surface area (Å²) in [5.74, 6) is 0. The van der Waals surface area contributed by atoms with Crippen molar-refractivity contribution in [2.24, 2.45) is 0 Å². The van der Waals surface area contributed by atoms with Gasteiger partial charge in [0.1, 0.15) is 6.26 Å². The lowest BCUT2D eigenvalue weighted by molar-refractivity contribution is 0.197. The van der Waals surface area contributed by atoms with Gasteiger partial charge >= 0.3 is 0 Å². The van der Waals surface area contributed by atoms with E-state index in [1.807, 2.05) is 6.08 Å². The third-order valence-corrected chi connectivity index (χ3v) is 1.32. The molecule has 1 unspecified atom stereocenters. The largest absolute Gasteiger partial charge is 0.473 e. The van der Waals surface area contributed by atoms with Gasteiger partial charge in [0.15, 0.2) is 6.23 Å². The standard InChI is InChI=1S/C8H13NO/c1-2-3-4-5-8-9-6-7-10-8/h4-9H,2-3H2,1H3/b5-4+. The summed E-state index contributed by atoms with van der Waals surface area (Å²) in [5.41, 5.74) is 0. The van der Waals surface area contributed by atoms with Crippen molar-refractivity contribution in [3.8, 4) is 0 Å². The number of hydrogen-bond donors (Lipinski definition) is 1. The highest BCUT2D eigenvalue weighted by Gasteiger charge is 2.02. The van der Waals surface area contributed by atoms with E-state index in [9.17, 15) is 0 Å². The van der Waals surface area contributed by atoms with Crippen molar-refractivity contribution in [2.45, 2.75) is 26.0 Å². The van der Waals surface area contributed by atoms with E-state index in [0.29, 0.717) is 0 Å². The van der Waals surface area contributed by atoms with Gasteiger partial charge in [0, 0.05) is 6.20 Å². The van der Waals surface area contributed by atoms with Crippen LogP contribution in [-0.4, -0.2) is 6.23 Å². The first-order valence-electron chi connectivity index (χ1n) is 3.66. The molecule has 0 fully saturated rings. The van der Waals surface area contributed by atoms with Crippen LogP contribution in [0.1, 0.15) is 19.8 Å². The van der Waals surface area contributed by atoms with E-state index in [1.165, 1.54) is 6.42 Å². The zero-order valence-corrected chi connectivity index (χ0v) is 6.21. The Labute approximate surface area is 61.6 Å². The van der Waals surface area contributed by atoms with Crippen molar-refractivity contribution in [2.75, 3.05) is 0 Å². The van der Waals surface area contributed by atoms with Gasteiger partial charge < -0.3 is 10.1 Å². The minimum Gasteiger partial charge on any atom is -0.473 e. The van der Waals surface area contributed by atoms with Crippen molar-refractivity contribution < 1.29 is 4.74 Å². The molecule has 0 saturated carbocycles. The van der Waals surface area contributed by atoms with Crippen LogP contribution in [0.25, 0.3) is 0 Å². The van der Waals surface area contributed by atoms with Crippen LogP contribution >= 0.6 is 0 Å². The highest BCUT2D eigenvalue weighted by atomic mass is 16.5. The molecule has 1 N–H and O–H groups in total. The summed E-state index contributed by atoms with van der Waals surface area (Å²) < 4.78 is 5.12. The maximum Gasteiger partial charge on any atom is 0.188 e. The van der Waals surface area contributed by atoms with Crippen LogP contribution < -0.4 is 5.32 Å². The number of ether oxygens (including phenoxy) is 1. The van der Waals surface area contributed by atoms with Gasteiger partial charge in [0.25, 0.3) is 0 Å². The predicted molar refractivity (Wildman–Crippen MR) is 41.2 cm³/mol. The first-order chi connectivity index (χ1) is 4.93. The van der Waals surface area contributed by atoms with Gasteiger partial charge in [0.2, 0.25) is 0 Å². The van der Waals surface area contributed by atoms with Crippen LogP contribution in [0.4, 0.5) is 0 Å². The second-order valence-corrected chi connectivity index (χ2v) is 2.24. The molecule has 1 atom stereocenters. The molecule has 0 aliphatic carbocycles. The summed E-state index contributed by atoms with van der Waals surface area (Å²) in [7, 11) is 0. The Bertz CT molecular complexity index is 132. The SMILES string of the molecule is CCC/C=C/C1NC=CO1. The normalized spacial score (nSPS) is 23.1. The maximum absolute atomic E-state index is 5.12. The van der Waals surface area contributed by atoms with E-state index in [-0.39, 0.29) is 6.23 Å². The van der Waals surface area contributed by atoms with Crippen molar-refractivity contribution in [1.29, 1.82) is 0 Å². The molecule has 0 aromatic heterocycles. The van der Waals surface area contributed by atoms with E-state index in [2.05, 4.69) is 18.3 Å². The summed E-state index contributed by atoms with van der Waals surface area (Å²) >= 11 is 0. The second-order valence-electron chi connectivity index (χ2n) is 2.24. The van der Waals surface area contributed by atoms with E-state index in [0.717, 1.165) is 6.42 Å². The van der Waals surface area contributed by atoms with Gasteiger partial charge in [-0.05, 0) is 12.5 Å². The molecule has 56 valence electrons. The molecular weight excluding hydrogens is 126 g/mol. The summed E-state index contributed by atoms with van der Waals surface area (Å²) in [6, 6.07) is 0. The molecule has 1 rings (SSSR count). The zero-order valence-electron chi connectivity index (χ0n) is 6.21. The molecule has 1 aliphatic rings. The summed E-state index contributed by atoms with van der Waals surface area (Å²) in [6.45, 7) is 2.16. The first kappa shape index (κ1) is 7.19. The lowest BCUT2D eigenvalue weighted by Crippen LogP contribution is -2.17. The molecule has 10 heavy (non-hydrogen) atoms. The molecule has 0 amide bonds. The smallest absolute Gasteiger partial charge is 0.188 e. The molecule has 2 nitrogen and oxygen atoms in total. The molecule has 0 spiro atoms. The van der Waals surface area contributed by atoms with Crippen molar-refractivity contribution in [1.82, 2.24) is 5.32 Å². The quantitative estimate of drug-likeness (QED) is 0.601. The van der Waals surface area contributed by atoms with Gasteiger partial charge in [-0.1, -0.05) is 19.4 Å². The molecule has 1 aliphatic heterocycles. The fourth-order valence-corrected chi connectivity index (χ4v) is 0.785. The number of hydrogen-bond acceptors (Lipinski definition) is 2. The summed E-state index contributed by atoms with van der Waals surface area (Å²) in [6.07, 6.45) is 10.0. The van der Waals surface area contributed by atoms with Gasteiger partial charge in [-0.15, -0.1) is 0 Å². The molecule has 0 aromatic carbocycles. The molecular formula is C8H13NO. The number of allylic oxidation sites excluding steroid dienone is 1. The van der Waals surface area contributed by atoms with E-state index in [1.54, 1.807) is 12.5 Å². The van der Waals surface area contributed by atoms with E-state index in [4.69, 9.17) is 4.74 Å². The Morgan fingerprint density at radius 2 is 2.60 bits per heavy atom. The van der Waals surface area contributed by atoms with Crippen LogP contribution in [0.5, 0.6) is 0 Å². The highest BCUT2D eigenvalue weighted by molar-refractivity contribution is 4.95. The average Bonchev–Trinajstić information content (AvgIpc) is 2.41. The van der Waals surface area contributed by atoms with E-state index < -0.39 is 0 Å². The minimum absolute atomic E-state index is 0.0755. The number of unbranched alkanes of at least 4 members (excludes halogenated alkanes) is 1. The van der Waals surface area contributed by atoms with Gasteiger partial charge in [0.05, 0.1) is 0 Å². The van der Waals surface area contributed by atoms with Crippen LogP contribution in [0.15, 0.2) is 24.6 Å². The molecule has 0 bridgehead atoms. The van der Waals surface area contributed by atoms with Crippen LogP contribution in [0.3, 0.4) is 0 Å². The summed E-state index contributed by atoms with van der Waals surface area (Å²) in [4.78, 5) is 0. The van der Waals surface area contributed by atoms with Crippen LogP contribution in [-0.2, 0) is 4.74 Å².